The summed E-state index contributed by atoms with van der Waals surface area (Å²) in [4.78, 5) is 39.2. The molecule has 1 N–H and O–H groups in total. The van der Waals surface area contributed by atoms with Gasteiger partial charge in [-0.05, 0) is 37.1 Å². The second kappa shape index (κ2) is 8.39. The molecule has 1 heterocycles. The van der Waals surface area contributed by atoms with Gasteiger partial charge in [0.15, 0.2) is 16.4 Å². The number of aromatic nitrogens is 1. The number of nitrogens with one attached hydrogen (secondary N) is 1. The average molecular weight is 407 g/mol. The van der Waals surface area contributed by atoms with Crippen molar-refractivity contribution in [3.63, 3.8) is 0 Å². The van der Waals surface area contributed by atoms with Crippen LogP contribution >= 0.6 is 0 Å². The Morgan fingerprint density at radius 1 is 1.11 bits per heavy atom. The van der Waals surface area contributed by atoms with Gasteiger partial charge in [-0.25, -0.2) is 18.0 Å². The first kappa shape index (κ1) is 21.4. The number of sulfone groups is 1. The average Bonchev–Trinajstić information content (AvgIpc) is 2.92. The van der Waals surface area contributed by atoms with Crippen LogP contribution in [0.1, 0.15) is 48.0 Å². The van der Waals surface area contributed by atoms with Gasteiger partial charge >= 0.3 is 11.9 Å². The summed E-state index contributed by atoms with van der Waals surface area (Å²) in [5.74, 6) is -2.02. The van der Waals surface area contributed by atoms with Crippen molar-refractivity contribution in [2.24, 2.45) is 0 Å². The largest absolute Gasteiger partial charge is 0.465 e. The summed E-state index contributed by atoms with van der Waals surface area (Å²) in [7, 11) is -2.00. The van der Waals surface area contributed by atoms with Gasteiger partial charge in [-0.2, -0.15) is 0 Å². The van der Waals surface area contributed by atoms with Crippen molar-refractivity contribution in [2.45, 2.75) is 19.6 Å². The number of aromatic amines is 1. The number of aryl methyl sites for hydroxylation is 1. The SMILES string of the molecule is COC(=O)c1c(C)[nH]c(C(=O)COC(=O)c2cccc(CS(C)(=O)=O)c2)c1C. The van der Waals surface area contributed by atoms with Crippen LogP contribution in [0, 0.1) is 13.8 Å². The Labute approximate surface area is 162 Å². The maximum atomic E-state index is 12.4. The highest BCUT2D eigenvalue weighted by atomic mass is 32.2. The second-order valence-corrected chi connectivity index (χ2v) is 8.53. The number of carbonyl (C=O) groups excluding carboxylic acids is 3. The van der Waals surface area contributed by atoms with Crippen molar-refractivity contribution >= 4 is 27.6 Å². The lowest BCUT2D eigenvalue weighted by Crippen LogP contribution is -2.16. The van der Waals surface area contributed by atoms with Crippen molar-refractivity contribution in [3.05, 3.63) is 57.9 Å². The molecule has 0 atom stereocenters. The van der Waals surface area contributed by atoms with Gasteiger partial charge < -0.3 is 14.5 Å². The summed E-state index contributed by atoms with van der Waals surface area (Å²) in [5, 5.41) is 0. The zero-order chi connectivity index (χ0) is 21.1. The first-order chi connectivity index (χ1) is 13.0. The highest BCUT2D eigenvalue weighted by molar-refractivity contribution is 7.89. The number of benzene rings is 1. The van der Waals surface area contributed by atoms with E-state index in [4.69, 9.17) is 9.47 Å². The number of hydrogen-bond donors (Lipinski definition) is 1. The highest BCUT2D eigenvalue weighted by Crippen LogP contribution is 2.19. The van der Waals surface area contributed by atoms with Crippen molar-refractivity contribution in [1.29, 1.82) is 0 Å². The summed E-state index contributed by atoms with van der Waals surface area (Å²) in [6.45, 7) is 2.70. The van der Waals surface area contributed by atoms with Gasteiger partial charge in [0, 0.05) is 11.9 Å². The molecule has 1 aromatic heterocycles. The fourth-order valence-corrected chi connectivity index (χ4v) is 3.60. The van der Waals surface area contributed by atoms with E-state index < -0.39 is 34.2 Å². The molecule has 28 heavy (non-hydrogen) atoms. The van der Waals surface area contributed by atoms with Gasteiger partial charge in [-0.3, -0.25) is 4.79 Å². The van der Waals surface area contributed by atoms with Gasteiger partial charge in [0.05, 0.1) is 29.7 Å². The van der Waals surface area contributed by atoms with E-state index in [9.17, 15) is 22.8 Å². The fraction of sp³-hybridized carbons (Fsp3) is 0.316. The van der Waals surface area contributed by atoms with Crippen LogP contribution < -0.4 is 0 Å². The summed E-state index contributed by atoms with van der Waals surface area (Å²) in [5.41, 5.74) is 1.92. The molecule has 1 aromatic carbocycles. The molecule has 9 heteroatoms. The van der Waals surface area contributed by atoms with E-state index >= 15 is 0 Å². The lowest BCUT2D eigenvalue weighted by atomic mass is 10.1. The minimum atomic E-state index is -3.25. The first-order valence-electron chi connectivity index (χ1n) is 8.28. The monoisotopic (exact) mass is 407 g/mol. The molecular weight excluding hydrogens is 386 g/mol. The van der Waals surface area contributed by atoms with E-state index in [2.05, 4.69) is 4.98 Å². The third-order valence-electron chi connectivity index (χ3n) is 4.03. The quantitative estimate of drug-likeness (QED) is 0.550. The Hall–Kier alpha value is -2.94. The van der Waals surface area contributed by atoms with E-state index in [0.717, 1.165) is 6.26 Å². The van der Waals surface area contributed by atoms with Gasteiger partial charge in [0.2, 0.25) is 5.78 Å². The predicted molar refractivity (Wildman–Crippen MR) is 101 cm³/mol. The van der Waals surface area contributed by atoms with Crippen LogP contribution in [0.2, 0.25) is 0 Å². The van der Waals surface area contributed by atoms with Crippen LogP contribution in [-0.2, 0) is 25.1 Å². The lowest BCUT2D eigenvalue weighted by molar-refractivity contribution is 0.0473. The van der Waals surface area contributed by atoms with Gasteiger partial charge in [0.1, 0.15) is 0 Å². The molecule has 0 aliphatic carbocycles. The number of ketones is 1. The van der Waals surface area contributed by atoms with Crippen LogP contribution in [0.4, 0.5) is 0 Å². The zero-order valence-corrected chi connectivity index (χ0v) is 16.8. The molecule has 2 rings (SSSR count). The molecule has 8 nitrogen and oxygen atoms in total. The van der Waals surface area contributed by atoms with Crippen molar-refractivity contribution in [1.82, 2.24) is 4.98 Å². The van der Waals surface area contributed by atoms with Gasteiger partial charge in [-0.1, -0.05) is 12.1 Å². The summed E-state index contributed by atoms with van der Waals surface area (Å²) in [6, 6.07) is 6.01. The third-order valence-corrected chi connectivity index (χ3v) is 4.89. The molecule has 0 spiro atoms. The molecule has 0 unspecified atom stereocenters. The molecular formula is C19H21NO7S. The Bertz CT molecular complexity index is 1030. The number of rotatable bonds is 7. The van der Waals surface area contributed by atoms with Gasteiger partial charge in [0.25, 0.3) is 0 Å². The van der Waals surface area contributed by atoms with Crippen molar-refractivity contribution < 1.29 is 32.3 Å². The second-order valence-electron chi connectivity index (χ2n) is 6.39. The maximum Gasteiger partial charge on any atom is 0.339 e. The van der Waals surface area contributed by atoms with Crippen molar-refractivity contribution in [3.8, 4) is 0 Å². The van der Waals surface area contributed by atoms with E-state index in [1.165, 1.54) is 19.2 Å². The minimum Gasteiger partial charge on any atom is -0.465 e. The molecule has 0 fully saturated rings. The van der Waals surface area contributed by atoms with E-state index in [-0.39, 0.29) is 22.6 Å². The molecule has 0 aliphatic heterocycles. The zero-order valence-electron chi connectivity index (χ0n) is 16.0. The van der Waals surface area contributed by atoms with Crippen LogP contribution in [0.15, 0.2) is 24.3 Å². The summed E-state index contributed by atoms with van der Waals surface area (Å²) >= 11 is 0. The number of methoxy groups -OCH3 is 1. The number of H-pyrrole nitrogens is 1. The van der Waals surface area contributed by atoms with Crippen LogP contribution in [0.5, 0.6) is 0 Å². The topological polar surface area (TPSA) is 120 Å². The number of Topliss-reactive ketones (excluding diaryl/α,β-unsaturated/α-hetero) is 1. The smallest absolute Gasteiger partial charge is 0.339 e. The Kier molecular flexibility index (Phi) is 6.40. The number of esters is 2. The lowest BCUT2D eigenvalue weighted by Gasteiger charge is -2.06. The summed E-state index contributed by atoms with van der Waals surface area (Å²) in [6.07, 6.45) is 1.10. The van der Waals surface area contributed by atoms with Gasteiger partial charge in [-0.15, -0.1) is 0 Å². The third kappa shape index (κ3) is 5.07. The maximum absolute atomic E-state index is 12.4. The molecule has 0 bridgehead atoms. The summed E-state index contributed by atoms with van der Waals surface area (Å²) < 4.78 is 32.5. The number of hydrogen-bond acceptors (Lipinski definition) is 7. The first-order valence-corrected chi connectivity index (χ1v) is 10.3. The normalized spacial score (nSPS) is 11.1. The Balaban J connectivity index is 2.10. The van der Waals surface area contributed by atoms with E-state index in [1.54, 1.807) is 26.0 Å². The fourth-order valence-electron chi connectivity index (χ4n) is 2.81. The molecule has 0 saturated carbocycles. The van der Waals surface area contributed by atoms with Crippen LogP contribution in [-0.4, -0.2) is 51.1 Å². The highest BCUT2D eigenvalue weighted by Gasteiger charge is 2.23. The molecule has 0 aliphatic rings. The number of carbonyl (C=O) groups is 3. The number of ether oxygens (including phenoxy) is 2. The Morgan fingerprint density at radius 3 is 2.39 bits per heavy atom. The van der Waals surface area contributed by atoms with Crippen LogP contribution in [0.25, 0.3) is 0 Å². The molecule has 0 amide bonds. The molecule has 0 saturated heterocycles. The Morgan fingerprint density at radius 2 is 1.79 bits per heavy atom. The molecule has 0 radical (unpaired) electrons. The molecule has 2 aromatic rings. The van der Waals surface area contributed by atoms with E-state index in [0.29, 0.717) is 16.8 Å². The van der Waals surface area contributed by atoms with Crippen molar-refractivity contribution in [2.75, 3.05) is 20.0 Å². The van der Waals surface area contributed by atoms with Crippen LogP contribution in [0.3, 0.4) is 0 Å². The standard InChI is InChI=1S/C19H21NO7S/c1-11-16(19(23)26-3)12(2)20-17(11)15(21)9-27-18(22)14-7-5-6-13(8-14)10-28(4,24)25/h5-8,20H,9-10H2,1-4H3. The minimum absolute atomic E-state index is 0.142. The predicted octanol–water partition coefficient (Wildman–Crippen LogP) is 2.00. The molecule has 150 valence electrons. The van der Waals surface area contributed by atoms with E-state index in [1.807, 2.05) is 0 Å².